The number of tetrazole rings is 1. The van der Waals surface area contributed by atoms with E-state index in [1.54, 1.807) is 12.3 Å². The molecule has 7 nitrogen and oxygen atoms in total. The molecule has 0 atom stereocenters. The highest BCUT2D eigenvalue weighted by atomic mass is 19.2. The van der Waals surface area contributed by atoms with E-state index in [4.69, 9.17) is 10.5 Å². The smallest absolute Gasteiger partial charge is 0.190 e. The van der Waals surface area contributed by atoms with Crippen LogP contribution in [-0.4, -0.2) is 31.3 Å². The van der Waals surface area contributed by atoms with Gasteiger partial charge < -0.3 is 10.5 Å². The second kappa shape index (κ2) is 7.86. The van der Waals surface area contributed by atoms with Gasteiger partial charge in [-0.2, -0.15) is 4.68 Å². The number of hydrogen-bond donors (Lipinski definition) is 1. The van der Waals surface area contributed by atoms with Crippen molar-refractivity contribution in [1.29, 1.82) is 0 Å². The summed E-state index contributed by atoms with van der Waals surface area (Å²) in [6.45, 7) is 3.91. The van der Waals surface area contributed by atoms with E-state index in [1.807, 2.05) is 38.1 Å². The van der Waals surface area contributed by atoms with Crippen LogP contribution in [0.5, 0.6) is 5.75 Å². The monoisotopic (exact) mass is 408 g/mol. The Kier molecular flexibility index (Phi) is 5.09. The Balaban J connectivity index is 1.76. The van der Waals surface area contributed by atoms with Crippen LogP contribution in [-0.2, 0) is 0 Å². The molecule has 2 aromatic heterocycles. The van der Waals surface area contributed by atoms with E-state index in [1.165, 1.54) is 12.1 Å². The summed E-state index contributed by atoms with van der Waals surface area (Å²) in [5, 5.41) is 11.3. The van der Waals surface area contributed by atoms with Gasteiger partial charge in [0, 0.05) is 11.8 Å². The molecule has 0 amide bonds. The first kappa shape index (κ1) is 19.4. The van der Waals surface area contributed by atoms with Crippen molar-refractivity contribution in [2.45, 2.75) is 20.0 Å². The Morgan fingerprint density at radius 2 is 1.80 bits per heavy atom. The molecule has 0 radical (unpaired) electrons. The predicted molar refractivity (Wildman–Crippen MR) is 108 cm³/mol. The Bertz CT molecular complexity index is 1190. The lowest BCUT2D eigenvalue weighted by Gasteiger charge is -2.11. The molecule has 9 heteroatoms. The van der Waals surface area contributed by atoms with Gasteiger partial charge in [0.05, 0.1) is 11.7 Å². The van der Waals surface area contributed by atoms with E-state index >= 15 is 0 Å². The van der Waals surface area contributed by atoms with Gasteiger partial charge in [0.2, 0.25) is 0 Å². The SMILES string of the molecule is CC(C)Oc1ccc(-c2cnc(N)c(-c3nnnn3-c3cccc(F)c3F)c2)cc1. The summed E-state index contributed by atoms with van der Waals surface area (Å²) in [5.74, 6) is -1.01. The summed E-state index contributed by atoms with van der Waals surface area (Å²) in [7, 11) is 0. The van der Waals surface area contributed by atoms with Crippen LogP contribution < -0.4 is 10.5 Å². The molecule has 0 spiro atoms. The summed E-state index contributed by atoms with van der Waals surface area (Å²) in [4.78, 5) is 4.23. The van der Waals surface area contributed by atoms with Gasteiger partial charge in [-0.1, -0.05) is 18.2 Å². The average molecular weight is 408 g/mol. The number of hydrogen-bond acceptors (Lipinski definition) is 6. The third-order valence-corrected chi connectivity index (χ3v) is 4.35. The topological polar surface area (TPSA) is 91.7 Å². The lowest BCUT2D eigenvalue weighted by molar-refractivity contribution is 0.242. The highest BCUT2D eigenvalue weighted by molar-refractivity contribution is 5.76. The Morgan fingerprint density at radius 1 is 1.03 bits per heavy atom. The van der Waals surface area contributed by atoms with Gasteiger partial charge in [-0.15, -0.1) is 5.10 Å². The van der Waals surface area contributed by atoms with Gasteiger partial charge in [-0.25, -0.2) is 13.8 Å². The molecule has 0 aliphatic carbocycles. The number of pyridine rings is 1. The molecule has 0 saturated carbocycles. The average Bonchev–Trinajstić information content (AvgIpc) is 3.20. The summed E-state index contributed by atoms with van der Waals surface area (Å²) < 4.78 is 34.7. The van der Waals surface area contributed by atoms with Gasteiger partial charge in [0.15, 0.2) is 17.5 Å². The minimum atomic E-state index is -1.06. The van der Waals surface area contributed by atoms with E-state index in [2.05, 4.69) is 20.5 Å². The maximum atomic E-state index is 14.3. The number of halogens is 2. The molecule has 2 N–H and O–H groups in total. The van der Waals surface area contributed by atoms with Crippen molar-refractivity contribution in [3.63, 3.8) is 0 Å². The third kappa shape index (κ3) is 3.69. The zero-order chi connectivity index (χ0) is 21.3. The molecule has 4 rings (SSSR count). The minimum absolute atomic E-state index is 0.0720. The van der Waals surface area contributed by atoms with Crippen molar-refractivity contribution in [2.24, 2.45) is 0 Å². The molecule has 0 unspecified atom stereocenters. The second-order valence-corrected chi connectivity index (χ2v) is 6.84. The van der Waals surface area contributed by atoms with Crippen molar-refractivity contribution < 1.29 is 13.5 Å². The molecule has 0 fully saturated rings. The molecule has 4 aromatic rings. The van der Waals surface area contributed by atoms with Crippen LogP contribution in [0.4, 0.5) is 14.6 Å². The molecule has 152 valence electrons. The number of ether oxygens (including phenoxy) is 1. The van der Waals surface area contributed by atoms with Gasteiger partial charge in [0.1, 0.15) is 17.3 Å². The van der Waals surface area contributed by atoms with E-state index in [0.717, 1.165) is 27.6 Å². The van der Waals surface area contributed by atoms with Crippen LogP contribution in [0.15, 0.2) is 54.7 Å². The van der Waals surface area contributed by atoms with Gasteiger partial charge in [0.25, 0.3) is 0 Å². The van der Waals surface area contributed by atoms with Crippen LogP contribution in [0.1, 0.15) is 13.8 Å². The largest absolute Gasteiger partial charge is 0.491 e. The first-order valence-corrected chi connectivity index (χ1v) is 9.20. The molecule has 2 heterocycles. The van der Waals surface area contributed by atoms with Crippen molar-refractivity contribution in [3.05, 3.63) is 66.4 Å². The number of anilines is 1. The normalized spacial score (nSPS) is 11.1. The fourth-order valence-corrected chi connectivity index (χ4v) is 2.98. The fraction of sp³-hybridized carbons (Fsp3) is 0.143. The predicted octanol–water partition coefficient (Wildman–Crippen LogP) is 4.04. The molecule has 0 bridgehead atoms. The van der Waals surface area contributed by atoms with Crippen molar-refractivity contribution >= 4 is 5.82 Å². The van der Waals surface area contributed by atoms with E-state index in [0.29, 0.717) is 5.56 Å². The number of rotatable bonds is 5. The summed E-state index contributed by atoms with van der Waals surface area (Å²) in [5.41, 5.74) is 7.93. The quantitative estimate of drug-likeness (QED) is 0.536. The lowest BCUT2D eigenvalue weighted by Crippen LogP contribution is -2.06. The number of nitrogens with zero attached hydrogens (tertiary/aromatic N) is 5. The van der Waals surface area contributed by atoms with Crippen molar-refractivity contribution in [1.82, 2.24) is 25.2 Å². The molecule has 2 aromatic carbocycles. The first-order chi connectivity index (χ1) is 14.4. The van der Waals surface area contributed by atoms with E-state index < -0.39 is 11.6 Å². The number of nitrogen functional groups attached to an aromatic ring is 1. The fourth-order valence-electron chi connectivity index (χ4n) is 2.98. The Labute approximate surface area is 171 Å². The molecular formula is C21H18F2N6O. The third-order valence-electron chi connectivity index (χ3n) is 4.35. The summed E-state index contributed by atoms with van der Waals surface area (Å²) in [6, 6.07) is 13.0. The summed E-state index contributed by atoms with van der Waals surface area (Å²) in [6.07, 6.45) is 1.69. The van der Waals surface area contributed by atoms with Crippen LogP contribution >= 0.6 is 0 Å². The molecular weight excluding hydrogens is 390 g/mol. The van der Waals surface area contributed by atoms with Crippen LogP contribution in [0.2, 0.25) is 0 Å². The molecule has 0 aliphatic rings. The number of aromatic nitrogens is 5. The van der Waals surface area contributed by atoms with E-state index in [9.17, 15) is 8.78 Å². The lowest BCUT2D eigenvalue weighted by atomic mass is 10.0. The van der Waals surface area contributed by atoms with Crippen molar-refractivity contribution in [3.8, 4) is 34.0 Å². The Hall–Kier alpha value is -3.88. The van der Waals surface area contributed by atoms with Gasteiger partial charge in [-0.3, -0.25) is 0 Å². The van der Waals surface area contributed by atoms with Gasteiger partial charge >= 0.3 is 0 Å². The maximum Gasteiger partial charge on any atom is 0.190 e. The zero-order valence-corrected chi connectivity index (χ0v) is 16.3. The summed E-state index contributed by atoms with van der Waals surface area (Å²) >= 11 is 0. The highest BCUT2D eigenvalue weighted by Crippen LogP contribution is 2.30. The van der Waals surface area contributed by atoms with Crippen LogP contribution in [0, 0.1) is 11.6 Å². The molecule has 0 aliphatic heterocycles. The van der Waals surface area contributed by atoms with Crippen LogP contribution in [0.25, 0.3) is 28.2 Å². The standard InChI is InChI=1S/C21H18F2N6O/c1-12(2)30-15-8-6-13(7-9-15)14-10-16(20(24)25-11-14)21-26-27-28-29(21)18-5-3-4-17(22)19(18)23/h3-12H,1-2H3,(H2,24,25). The van der Waals surface area contributed by atoms with E-state index in [-0.39, 0.29) is 23.4 Å². The molecule has 0 saturated heterocycles. The highest BCUT2D eigenvalue weighted by Gasteiger charge is 2.19. The number of benzene rings is 2. The second-order valence-electron chi connectivity index (χ2n) is 6.84. The maximum absolute atomic E-state index is 14.3. The van der Waals surface area contributed by atoms with Crippen molar-refractivity contribution in [2.75, 3.05) is 5.73 Å². The minimum Gasteiger partial charge on any atom is -0.491 e. The zero-order valence-electron chi connectivity index (χ0n) is 16.3. The number of nitrogens with two attached hydrogens (primary N) is 1. The first-order valence-electron chi connectivity index (χ1n) is 9.20. The van der Waals surface area contributed by atoms with Gasteiger partial charge in [-0.05, 0) is 60.2 Å². The van der Waals surface area contributed by atoms with Crippen LogP contribution in [0.3, 0.4) is 0 Å². The molecule has 30 heavy (non-hydrogen) atoms. The Morgan fingerprint density at radius 3 is 2.53 bits per heavy atom.